The van der Waals surface area contributed by atoms with Gasteiger partial charge in [-0.2, -0.15) is 0 Å². The van der Waals surface area contributed by atoms with Gasteiger partial charge in [-0.1, -0.05) is 12.8 Å². The SMILES string of the molecule is COC[C@H](C)N[C@H]1CCCC[C@H]1O. The summed E-state index contributed by atoms with van der Waals surface area (Å²) < 4.78 is 5.04. The van der Waals surface area contributed by atoms with E-state index in [0.717, 1.165) is 19.3 Å². The van der Waals surface area contributed by atoms with Crippen molar-refractivity contribution in [2.75, 3.05) is 13.7 Å². The average Bonchev–Trinajstić information content (AvgIpc) is 2.09. The summed E-state index contributed by atoms with van der Waals surface area (Å²) in [6, 6.07) is 0.613. The highest BCUT2D eigenvalue weighted by molar-refractivity contribution is 4.82. The zero-order valence-electron chi connectivity index (χ0n) is 8.62. The zero-order chi connectivity index (χ0) is 9.68. The number of rotatable bonds is 4. The fraction of sp³-hybridized carbons (Fsp3) is 1.00. The van der Waals surface area contributed by atoms with Crippen molar-refractivity contribution in [3.05, 3.63) is 0 Å². The minimum atomic E-state index is -0.159. The molecule has 0 heterocycles. The summed E-state index contributed by atoms with van der Waals surface area (Å²) in [5.74, 6) is 0. The van der Waals surface area contributed by atoms with Crippen LogP contribution in [0.5, 0.6) is 0 Å². The smallest absolute Gasteiger partial charge is 0.0693 e. The normalized spacial score (nSPS) is 31.6. The van der Waals surface area contributed by atoms with Crippen LogP contribution in [-0.2, 0) is 4.74 Å². The lowest BCUT2D eigenvalue weighted by molar-refractivity contribution is 0.0755. The molecule has 1 aliphatic rings. The third kappa shape index (κ3) is 3.63. The van der Waals surface area contributed by atoms with Crippen molar-refractivity contribution in [2.45, 2.75) is 50.8 Å². The second-order valence-electron chi connectivity index (χ2n) is 3.98. The van der Waals surface area contributed by atoms with E-state index in [9.17, 15) is 5.11 Å². The van der Waals surface area contributed by atoms with Crippen LogP contribution < -0.4 is 5.32 Å². The van der Waals surface area contributed by atoms with E-state index in [-0.39, 0.29) is 12.1 Å². The molecule has 0 amide bonds. The van der Waals surface area contributed by atoms with Gasteiger partial charge in [-0.3, -0.25) is 0 Å². The highest BCUT2D eigenvalue weighted by atomic mass is 16.5. The first-order valence-corrected chi connectivity index (χ1v) is 5.17. The Morgan fingerprint density at radius 3 is 2.77 bits per heavy atom. The van der Waals surface area contributed by atoms with Crippen LogP contribution in [0.2, 0.25) is 0 Å². The van der Waals surface area contributed by atoms with Crippen molar-refractivity contribution in [2.24, 2.45) is 0 Å². The topological polar surface area (TPSA) is 41.5 Å². The number of ether oxygens (including phenoxy) is 1. The molecule has 1 rings (SSSR count). The third-order valence-corrected chi connectivity index (χ3v) is 2.64. The molecule has 3 atom stereocenters. The Morgan fingerprint density at radius 2 is 2.15 bits per heavy atom. The fourth-order valence-corrected chi connectivity index (χ4v) is 1.97. The molecule has 0 bridgehead atoms. The van der Waals surface area contributed by atoms with Gasteiger partial charge in [-0.15, -0.1) is 0 Å². The number of aliphatic hydroxyl groups is 1. The summed E-state index contributed by atoms with van der Waals surface area (Å²) >= 11 is 0. The maximum absolute atomic E-state index is 9.68. The Hall–Kier alpha value is -0.120. The highest BCUT2D eigenvalue weighted by Gasteiger charge is 2.23. The van der Waals surface area contributed by atoms with Crippen molar-refractivity contribution < 1.29 is 9.84 Å². The van der Waals surface area contributed by atoms with E-state index >= 15 is 0 Å². The van der Waals surface area contributed by atoms with Crippen LogP contribution in [0.4, 0.5) is 0 Å². The number of hydrogen-bond donors (Lipinski definition) is 2. The predicted octanol–water partition coefficient (Wildman–Crippen LogP) is 0.914. The van der Waals surface area contributed by atoms with Gasteiger partial charge in [0, 0.05) is 19.2 Å². The van der Waals surface area contributed by atoms with E-state index in [1.54, 1.807) is 7.11 Å². The zero-order valence-corrected chi connectivity index (χ0v) is 8.62. The molecule has 1 fully saturated rings. The second-order valence-corrected chi connectivity index (χ2v) is 3.98. The molecule has 0 saturated heterocycles. The Kier molecular flexibility index (Phi) is 4.70. The van der Waals surface area contributed by atoms with E-state index < -0.39 is 0 Å². The van der Waals surface area contributed by atoms with Crippen molar-refractivity contribution in [3.8, 4) is 0 Å². The molecule has 0 aromatic carbocycles. The number of methoxy groups -OCH3 is 1. The van der Waals surface area contributed by atoms with Crippen LogP contribution in [0.25, 0.3) is 0 Å². The Labute approximate surface area is 80.5 Å². The van der Waals surface area contributed by atoms with Crippen molar-refractivity contribution in [3.63, 3.8) is 0 Å². The molecule has 0 spiro atoms. The Balaban J connectivity index is 2.25. The van der Waals surface area contributed by atoms with Gasteiger partial charge in [-0.05, 0) is 19.8 Å². The molecule has 0 aliphatic heterocycles. The van der Waals surface area contributed by atoms with Gasteiger partial charge in [0.25, 0.3) is 0 Å². The molecule has 1 aliphatic carbocycles. The maximum atomic E-state index is 9.68. The molecule has 1 saturated carbocycles. The van der Waals surface area contributed by atoms with Crippen molar-refractivity contribution in [1.82, 2.24) is 5.32 Å². The van der Waals surface area contributed by atoms with Gasteiger partial charge < -0.3 is 15.2 Å². The standard InChI is InChI=1S/C10H21NO2/c1-8(7-13-2)11-9-5-3-4-6-10(9)12/h8-12H,3-7H2,1-2H3/t8-,9-,10+/m0/s1. The summed E-state index contributed by atoms with van der Waals surface area (Å²) in [5.41, 5.74) is 0. The lowest BCUT2D eigenvalue weighted by Crippen LogP contribution is -2.47. The molecule has 13 heavy (non-hydrogen) atoms. The molecule has 0 radical (unpaired) electrons. The Bertz CT molecular complexity index is 141. The van der Waals surface area contributed by atoms with Crippen LogP contribution in [0.1, 0.15) is 32.6 Å². The quantitative estimate of drug-likeness (QED) is 0.687. The summed E-state index contributed by atoms with van der Waals surface area (Å²) in [5, 5.41) is 13.1. The molecule has 3 nitrogen and oxygen atoms in total. The maximum Gasteiger partial charge on any atom is 0.0693 e. The first-order chi connectivity index (χ1) is 6.24. The van der Waals surface area contributed by atoms with E-state index in [2.05, 4.69) is 12.2 Å². The van der Waals surface area contributed by atoms with E-state index in [0.29, 0.717) is 12.6 Å². The molecule has 0 unspecified atom stereocenters. The largest absolute Gasteiger partial charge is 0.392 e. The first-order valence-electron chi connectivity index (χ1n) is 5.17. The summed E-state index contributed by atoms with van der Waals surface area (Å²) in [7, 11) is 1.70. The molecule has 0 aromatic rings. The molecule has 78 valence electrons. The molecular weight excluding hydrogens is 166 g/mol. The summed E-state index contributed by atoms with van der Waals surface area (Å²) in [6.07, 6.45) is 4.27. The lowest BCUT2D eigenvalue weighted by atomic mass is 9.92. The van der Waals surface area contributed by atoms with Gasteiger partial charge in [0.1, 0.15) is 0 Å². The van der Waals surface area contributed by atoms with Crippen LogP contribution >= 0.6 is 0 Å². The highest BCUT2D eigenvalue weighted by Crippen LogP contribution is 2.18. The van der Waals surface area contributed by atoms with Crippen LogP contribution in [-0.4, -0.2) is 37.0 Å². The number of nitrogens with one attached hydrogen (secondary N) is 1. The molecular formula is C10H21NO2. The van der Waals surface area contributed by atoms with Crippen LogP contribution in [0.15, 0.2) is 0 Å². The minimum Gasteiger partial charge on any atom is -0.392 e. The monoisotopic (exact) mass is 187 g/mol. The Morgan fingerprint density at radius 1 is 1.46 bits per heavy atom. The van der Waals surface area contributed by atoms with Gasteiger partial charge in [0.05, 0.1) is 12.7 Å². The van der Waals surface area contributed by atoms with Crippen molar-refractivity contribution >= 4 is 0 Å². The van der Waals surface area contributed by atoms with Gasteiger partial charge in [-0.25, -0.2) is 0 Å². The molecule has 2 N–H and O–H groups in total. The lowest BCUT2D eigenvalue weighted by Gasteiger charge is -2.30. The van der Waals surface area contributed by atoms with Gasteiger partial charge in [0.2, 0.25) is 0 Å². The van der Waals surface area contributed by atoms with E-state index in [1.807, 2.05) is 0 Å². The second kappa shape index (κ2) is 5.58. The average molecular weight is 187 g/mol. The van der Waals surface area contributed by atoms with Gasteiger partial charge >= 0.3 is 0 Å². The van der Waals surface area contributed by atoms with Gasteiger partial charge in [0.15, 0.2) is 0 Å². The van der Waals surface area contributed by atoms with Crippen LogP contribution in [0, 0.1) is 0 Å². The fourth-order valence-electron chi connectivity index (χ4n) is 1.97. The predicted molar refractivity (Wildman–Crippen MR) is 52.7 cm³/mol. The minimum absolute atomic E-state index is 0.159. The first kappa shape index (κ1) is 11.0. The molecule has 3 heteroatoms. The van der Waals surface area contributed by atoms with Crippen LogP contribution in [0.3, 0.4) is 0 Å². The molecule has 0 aromatic heterocycles. The number of aliphatic hydroxyl groups excluding tert-OH is 1. The summed E-state index contributed by atoms with van der Waals surface area (Å²) in [6.45, 7) is 2.80. The van der Waals surface area contributed by atoms with Crippen molar-refractivity contribution in [1.29, 1.82) is 0 Å². The number of hydrogen-bond acceptors (Lipinski definition) is 3. The third-order valence-electron chi connectivity index (χ3n) is 2.64. The van der Waals surface area contributed by atoms with E-state index in [1.165, 1.54) is 6.42 Å². The summed E-state index contributed by atoms with van der Waals surface area (Å²) in [4.78, 5) is 0. The van der Waals surface area contributed by atoms with E-state index in [4.69, 9.17) is 4.74 Å².